The molecule has 1 aliphatic rings. The molecule has 3 heterocycles. The number of nitrogens with one attached hydrogen (secondary N) is 2. The Kier molecular flexibility index (Phi) is 8.04. The van der Waals surface area contributed by atoms with Crippen LogP contribution in [0.25, 0.3) is 22.3 Å². The standard InChI is InChI=1S/C28H25ClF2N4O5/c1-37-21-14-22(38-2)28(31)26(27(21)30)20-11-16-12-24(32-15-23(16)40-20)33-18-4-3-17(35-7-9-39-10-8-35)13-19(18)34-25(36)5-6-29/h3-6,11-15H,7-10H2,1-2H3,(H,32,33)(H,34,36)/b6-5-. The minimum absolute atomic E-state index is 0.0585. The Morgan fingerprint density at radius 1 is 1.05 bits per heavy atom. The number of methoxy groups -OCH3 is 2. The van der Waals surface area contributed by atoms with Gasteiger partial charge in [0.2, 0.25) is 5.91 Å². The van der Waals surface area contributed by atoms with Crippen molar-refractivity contribution >= 4 is 51.4 Å². The largest absolute Gasteiger partial charge is 0.494 e. The molecule has 4 aromatic rings. The average Bonchev–Trinajstić information content (AvgIpc) is 3.37. The van der Waals surface area contributed by atoms with E-state index in [1.165, 1.54) is 32.6 Å². The van der Waals surface area contributed by atoms with Crippen LogP contribution in [0.2, 0.25) is 0 Å². The first-order valence-corrected chi connectivity index (χ1v) is 12.7. The molecule has 1 aliphatic heterocycles. The summed E-state index contributed by atoms with van der Waals surface area (Å²) in [5, 5.41) is 6.55. The van der Waals surface area contributed by atoms with Crippen molar-refractivity contribution in [1.82, 2.24) is 4.98 Å². The first-order chi connectivity index (χ1) is 19.4. The van der Waals surface area contributed by atoms with E-state index < -0.39 is 23.1 Å². The van der Waals surface area contributed by atoms with Crippen LogP contribution in [-0.4, -0.2) is 51.4 Å². The van der Waals surface area contributed by atoms with Crippen molar-refractivity contribution < 1.29 is 32.2 Å². The van der Waals surface area contributed by atoms with E-state index in [0.717, 1.165) is 30.4 Å². The monoisotopic (exact) mass is 570 g/mol. The predicted molar refractivity (Wildman–Crippen MR) is 149 cm³/mol. The number of rotatable bonds is 8. The highest BCUT2D eigenvalue weighted by atomic mass is 35.5. The quantitative estimate of drug-likeness (QED) is 0.247. The summed E-state index contributed by atoms with van der Waals surface area (Å²) in [6.45, 7) is 2.68. The summed E-state index contributed by atoms with van der Waals surface area (Å²) in [4.78, 5) is 18.8. The lowest BCUT2D eigenvalue weighted by atomic mass is 10.1. The molecule has 0 atom stereocenters. The van der Waals surface area contributed by atoms with Crippen LogP contribution < -0.4 is 25.0 Å². The van der Waals surface area contributed by atoms with Crippen molar-refractivity contribution in [3.8, 4) is 22.8 Å². The van der Waals surface area contributed by atoms with Crippen molar-refractivity contribution in [2.45, 2.75) is 0 Å². The Balaban J connectivity index is 1.48. The lowest BCUT2D eigenvalue weighted by molar-refractivity contribution is -0.111. The van der Waals surface area contributed by atoms with Crippen molar-refractivity contribution in [2.24, 2.45) is 0 Å². The lowest BCUT2D eigenvalue weighted by Crippen LogP contribution is -2.36. The number of carbonyl (C=O) groups is 1. The number of halogens is 3. The van der Waals surface area contributed by atoms with Crippen molar-refractivity contribution in [3.05, 3.63) is 65.8 Å². The van der Waals surface area contributed by atoms with Gasteiger partial charge in [0, 0.05) is 41.8 Å². The third-order valence-electron chi connectivity index (χ3n) is 6.34. The zero-order chi connectivity index (χ0) is 28.2. The third kappa shape index (κ3) is 5.51. The fourth-order valence-electron chi connectivity index (χ4n) is 4.37. The second-order valence-corrected chi connectivity index (χ2v) is 8.99. The maximum atomic E-state index is 15.0. The smallest absolute Gasteiger partial charge is 0.249 e. The van der Waals surface area contributed by atoms with Crippen LogP contribution in [0.4, 0.5) is 31.7 Å². The van der Waals surface area contributed by atoms with Gasteiger partial charge in [-0.15, -0.1) is 0 Å². The number of hydrogen-bond donors (Lipinski definition) is 2. The SMILES string of the molecule is COc1cc(OC)c(F)c(-c2cc3cc(Nc4ccc(N5CCOCC5)cc4NC(=O)/C=C\Cl)ncc3o2)c1F. The van der Waals surface area contributed by atoms with Gasteiger partial charge in [-0.2, -0.15) is 0 Å². The predicted octanol–water partition coefficient (Wildman–Crippen LogP) is 6.06. The number of fused-ring (bicyclic) bond motifs is 1. The number of furan rings is 1. The van der Waals surface area contributed by atoms with E-state index >= 15 is 8.78 Å². The summed E-state index contributed by atoms with van der Waals surface area (Å²) in [6.07, 6.45) is 2.64. The highest BCUT2D eigenvalue weighted by molar-refractivity contribution is 6.27. The van der Waals surface area contributed by atoms with Crippen molar-refractivity contribution in [3.63, 3.8) is 0 Å². The molecule has 208 valence electrons. The Bertz CT molecular complexity index is 1560. The summed E-state index contributed by atoms with van der Waals surface area (Å²) in [5.74, 6) is -2.27. The van der Waals surface area contributed by atoms with Crippen LogP contribution in [0.1, 0.15) is 0 Å². The number of morpholine rings is 1. The van der Waals surface area contributed by atoms with Gasteiger partial charge >= 0.3 is 0 Å². The van der Waals surface area contributed by atoms with Gasteiger partial charge in [0.05, 0.1) is 50.6 Å². The minimum atomic E-state index is -0.919. The Hall–Kier alpha value is -4.35. The highest BCUT2D eigenvalue weighted by Gasteiger charge is 2.24. The highest BCUT2D eigenvalue weighted by Crippen LogP contribution is 2.40. The number of nitrogens with zero attached hydrogens (tertiary/aromatic N) is 2. The molecule has 0 radical (unpaired) electrons. The van der Waals surface area contributed by atoms with Crippen LogP contribution in [0.5, 0.6) is 11.5 Å². The number of hydrogen-bond acceptors (Lipinski definition) is 8. The molecular weight excluding hydrogens is 546 g/mol. The molecule has 9 nitrogen and oxygen atoms in total. The van der Waals surface area contributed by atoms with E-state index in [-0.39, 0.29) is 17.3 Å². The van der Waals surface area contributed by atoms with Crippen LogP contribution in [0, 0.1) is 11.6 Å². The Morgan fingerprint density at radius 3 is 2.45 bits per heavy atom. The molecule has 40 heavy (non-hydrogen) atoms. The maximum Gasteiger partial charge on any atom is 0.249 e. The van der Waals surface area contributed by atoms with Gasteiger partial charge in [-0.05, 0) is 30.3 Å². The summed E-state index contributed by atoms with van der Waals surface area (Å²) in [5.41, 5.74) is 3.01. The van der Waals surface area contributed by atoms with Crippen LogP contribution in [0.15, 0.2) is 58.6 Å². The molecule has 1 fully saturated rings. The summed E-state index contributed by atoms with van der Waals surface area (Å²) < 4.78 is 51.3. The lowest BCUT2D eigenvalue weighted by Gasteiger charge is -2.29. The van der Waals surface area contributed by atoms with Crippen LogP contribution >= 0.6 is 11.6 Å². The molecule has 2 N–H and O–H groups in total. The fourth-order valence-corrected chi connectivity index (χ4v) is 4.49. The van der Waals surface area contributed by atoms with E-state index in [0.29, 0.717) is 41.4 Å². The molecule has 0 saturated carbocycles. The molecule has 0 spiro atoms. The summed E-state index contributed by atoms with van der Waals surface area (Å²) in [6, 6.07) is 9.89. The number of amides is 1. The minimum Gasteiger partial charge on any atom is -0.494 e. The number of carbonyl (C=O) groups excluding carboxylic acids is 1. The van der Waals surface area contributed by atoms with E-state index in [9.17, 15) is 4.79 Å². The first-order valence-electron chi connectivity index (χ1n) is 12.2. The molecule has 1 amide bonds. The second kappa shape index (κ2) is 11.8. The van der Waals surface area contributed by atoms with E-state index in [1.54, 1.807) is 6.07 Å². The van der Waals surface area contributed by atoms with Gasteiger partial charge in [0.1, 0.15) is 11.6 Å². The molecule has 12 heteroatoms. The Labute approximate surface area is 233 Å². The number of anilines is 4. The van der Waals surface area contributed by atoms with Crippen molar-refractivity contribution in [2.75, 3.05) is 56.1 Å². The van der Waals surface area contributed by atoms with E-state index in [1.807, 2.05) is 18.2 Å². The molecular formula is C28H25ClF2N4O5. The molecule has 1 saturated heterocycles. The summed E-state index contributed by atoms with van der Waals surface area (Å²) in [7, 11) is 2.55. The fraction of sp³-hybridized carbons (Fsp3) is 0.214. The van der Waals surface area contributed by atoms with Gasteiger partial charge in [-0.25, -0.2) is 13.8 Å². The average molecular weight is 571 g/mol. The van der Waals surface area contributed by atoms with Gasteiger partial charge in [0.25, 0.3) is 0 Å². The van der Waals surface area contributed by atoms with Gasteiger partial charge in [0.15, 0.2) is 28.7 Å². The molecule has 2 aromatic carbocycles. The number of aromatic nitrogens is 1. The molecule has 0 unspecified atom stereocenters. The molecule has 0 aliphatic carbocycles. The number of pyridine rings is 1. The zero-order valence-electron chi connectivity index (χ0n) is 21.6. The maximum absolute atomic E-state index is 15.0. The van der Waals surface area contributed by atoms with Gasteiger partial charge < -0.3 is 34.2 Å². The molecule has 2 aromatic heterocycles. The topological polar surface area (TPSA) is 98.1 Å². The Morgan fingerprint density at radius 2 is 1.77 bits per heavy atom. The van der Waals surface area contributed by atoms with Gasteiger partial charge in [-0.3, -0.25) is 4.79 Å². The number of benzene rings is 2. The van der Waals surface area contributed by atoms with E-state index in [2.05, 4.69) is 20.5 Å². The summed E-state index contributed by atoms with van der Waals surface area (Å²) >= 11 is 5.58. The first kappa shape index (κ1) is 27.2. The molecule has 5 rings (SSSR count). The molecule has 0 bridgehead atoms. The van der Waals surface area contributed by atoms with Crippen LogP contribution in [-0.2, 0) is 9.53 Å². The zero-order valence-corrected chi connectivity index (χ0v) is 22.4. The van der Waals surface area contributed by atoms with Crippen molar-refractivity contribution in [1.29, 1.82) is 0 Å². The van der Waals surface area contributed by atoms with Crippen LogP contribution in [0.3, 0.4) is 0 Å². The normalized spacial score (nSPS) is 13.6. The number of ether oxygens (including phenoxy) is 3. The van der Waals surface area contributed by atoms with E-state index in [4.69, 9.17) is 30.2 Å². The second-order valence-electron chi connectivity index (χ2n) is 8.74. The third-order valence-corrected chi connectivity index (χ3v) is 6.46. The van der Waals surface area contributed by atoms with Gasteiger partial charge in [-0.1, -0.05) is 11.6 Å².